The van der Waals surface area contributed by atoms with Gasteiger partial charge >= 0.3 is 0 Å². The summed E-state index contributed by atoms with van der Waals surface area (Å²) in [6.45, 7) is 0. The number of rotatable bonds is 3. The van der Waals surface area contributed by atoms with E-state index in [1.54, 1.807) is 0 Å². The Hall–Kier alpha value is -1.94. The van der Waals surface area contributed by atoms with Gasteiger partial charge in [-0.2, -0.15) is 0 Å². The number of thiocarbonyl (C=S) groups is 1. The van der Waals surface area contributed by atoms with Crippen molar-refractivity contribution in [2.24, 2.45) is 11.1 Å². The van der Waals surface area contributed by atoms with Crippen molar-refractivity contribution in [3.63, 3.8) is 0 Å². The first kappa shape index (κ1) is 13.1. The normalized spacial score (nSPS) is 16.4. The summed E-state index contributed by atoms with van der Waals surface area (Å²) < 4.78 is 0. The number of carbonyl (C=O) groups is 1. The lowest BCUT2D eigenvalue weighted by Crippen LogP contribution is -2.50. The van der Waals surface area contributed by atoms with Crippen LogP contribution in [0, 0.1) is 5.41 Å². The van der Waals surface area contributed by atoms with Crippen LogP contribution < -0.4 is 11.1 Å². The van der Waals surface area contributed by atoms with Crippen LogP contribution in [-0.4, -0.2) is 10.9 Å². The topological polar surface area (TPSA) is 55.1 Å². The number of nitrogens with two attached hydrogens (primary N) is 1. The number of amides is 1. The molecule has 0 spiro atoms. The van der Waals surface area contributed by atoms with E-state index in [0.717, 1.165) is 35.7 Å². The number of anilines is 1. The molecule has 0 atom stereocenters. The van der Waals surface area contributed by atoms with Crippen molar-refractivity contribution < 1.29 is 4.79 Å². The molecule has 1 amide bonds. The van der Waals surface area contributed by atoms with Crippen LogP contribution in [0.5, 0.6) is 0 Å². The molecule has 0 unspecified atom stereocenters. The maximum atomic E-state index is 12.5. The molecule has 102 valence electrons. The van der Waals surface area contributed by atoms with Crippen LogP contribution in [0.1, 0.15) is 19.3 Å². The Bertz CT molecular complexity index is 686. The molecule has 0 aromatic heterocycles. The van der Waals surface area contributed by atoms with E-state index >= 15 is 0 Å². The van der Waals surface area contributed by atoms with Gasteiger partial charge < -0.3 is 11.1 Å². The molecule has 1 fully saturated rings. The Balaban J connectivity index is 1.94. The van der Waals surface area contributed by atoms with Gasteiger partial charge in [0.1, 0.15) is 0 Å². The Kier molecular flexibility index (Phi) is 3.18. The van der Waals surface area contributed by atoms with E-state index in [1.807, 2.05) is 42.5 Å². The average molecular weight is 284 g/mol. The van der Waals surface area contributed by atoms with Crippen LogP contribution >= 0.6 is 12.2 Å². The fourth-order valence-electron chi connectivity index (χ4n) is 2.69. The Morgan fingerprint density at radius 1 is 1.15 bits per heavy atom. The highest BCUT2D eigenvalue weighted by atomic mass is 32.1. The molecular weight excluding hydrogens is 268 g/mol. The maximum absolute atomic E-state index is 12.5. The molecule has 1 aliphatic carbocycles. The van der Waals surface area contributed by atoms with Gasteiger partial charge in [0.15, 0.2) is 0 Å². The second-order valence-electron chi connectivity index (χ2n) is 5.28. The van der Waals surface area contributed by atoms with Crippen LogP contribution in [0.3, 0.4) is 0 Å². The summed E-state index contributed by atoms with van der Waals surface area (Å²) in [6, 6.07) is 13.8. The third-order valence-electron chi connectivity index (χ3n) is 4.15. The number of nitrogens with one attached hydrogen (secondary N) is 1. The van der Waals surface area contributed by atoms with E-state index in [0.29, 0.717) is 4.99 Å². The first-order chi connectivity index (χ1) is 9.63. The minimum atomic E-state index is -0.647. The summed E-state index contributed by atoms with van der Waals surface area (Å²) in [5, 5.41) is 5.13. The van der Waals surface area contributed by atoms with E-state index in [9.17, 15) is 4.79 Å². The molecule has 1 aliphatic rings. The van der Waals surface area contributed by atoms with Crippen LogP contribution in [0.25, 0.3) is 10.8 Å². The van der Waals surface area contributed by atoms with E-state index < -0.39 is 5.41 Å². The summed E-state index contributed by atoms with van der Waals surface area (Å²) in [5.41, 5.74) is 5.94. The zero-order valence-corrected chi connectivity index (χ0v) is 11.9. The lowest BCUT2D eigenvalue weighted by Gasteiger charge is -2.39. The van der Waals surface area contributed by atoms with E-state index in [4.69, 9.17) is 18.0 Å². The van der Waals surface area contributed by atoms with Gasteiger partial charge in [-0.05, 0) is 24.3 Å². The van der Waals surface area contributed by atoms with Crippen molar-refractivity contribution in [2.45, 2.75) is 19.3 Å². The number of hydrogen-bond donors (Lipinski definition) is 2. The first-order valence-electron chi connectivity index (χ1n) is 6.73. The minimum Gasteiger partial charge on any atom is -0.392 e. The maximum Gasteiger partial charge on any atom is 0.237 e. The molecular formula is C16H16N2OS. The van der Waals surface area contributed by atoms with Crippen molar-refractivity contribution >= 4 is 39.6 Å². The third-order valence-corrected chi connectivity index (χ3v) is 4.54. The number of fused-ring (bicyclic) bond motifs is 1. The largest absolute Gasteiger partial charge is 0.392 e. The van der Waals surface area contributed by atoms with Gasteiger partial charge in [-0.15, -0.1) is 0 Å². The van der Waals surface area contributed by atoms with Crippen molar-refractivity contribution in [2.75, 3.05) is 5.32 Å². The van der Waals surface area contributed by atoms with Crippen LogP contribution in [-0.2, 0) is 4.79 Å². The minimum absolute atomic E-state index is 0.0763. The third kappa shape index (κ3) is 1.96. The summed E-state index contributed by atoms with van der Waals surface area (Å²) in [5.74, 6) is -0.0763. The fraction of sp³-hybridized carbons (Fsp3) is 0.250. The van der Waals surface area contributed by atoms with Gasteiger partial charge in [0.2, 0.25) is 5.91 Å². The van der Waals surface area contributed by atoms with E-state index in [2.05, 4.69) is 5.32 Å². The monoisotopic (exact) mass is 284 g/mol. The second kappa shape index (κ2) is 4.87. The van der Waals surface area contributed by atoms with Gasteiger partial charge in [-0.25, -0.2) is 0 Å². The van der Waals surface area contributed by atoms with Gasteiger partial charge in [0.05, 0.1) is 10.4 Å². The molecule has 3 rings (SSSR count). The van der Waals surface area contributed by atoms with Crippen LogP contribution in [0.15, 0.2) is 42.5 Å². The summed E-state index contributed by atoms with van der Waals surface area (Å²) >= 11 is 5.09. The van der Waals surface area contributed by atoms with Crippen molar-refractivity contribution in [3.8, 4) is 0 Å². The van der Waals surface area contributed by atoms with Crippen molar-refractivity contribution in [3.05, 3.63) is 42.5 Å². The van der Waals surface area contributed by atoms with E-state index in [1.165, 1.54) is 0 Å². The smallest absolute Gasteiger partial charge is 0.237 e. The van der Waals surface area contributed by atoms with Gasteiger partial charge in [-0.3, -0.25) is 4.79 Å². The van der Waals surface area contributed by atoms with Crippen LogP contribution in [0.2, 0.25) is 0 Å². The first-order valence-corrected chi connectivity index (χ1v) is 7.13. The summed E-state index contributed by atoms with van der Waals surface area (Å²) in [4.78, 5) is 12.8. The average Bonchev–Trinajstić information content (AvgIpc) is 2.37. The number of carbonyl (C=O) groups excluding carboxylic acids is 1. The van der Waals surface area contributed by atoms with E-state index in [-0.39, 0.29) is 5.91 Å². The highest BCUT2D eigenvalue weighted by Gasteiger charge is 2.47. The summed E-state index contributed by atoms with van der Waals surface area (Å²) in [7, 11) is 0. The molecule has 3 nitrogen and oxygen atoms in total. The van der Waals surface area contributed by atoms with Gasteiger partial charge in [0.25, 0.3) is 0 Å². The number of hydrogen-bond acceptors (Lipinski definition) is 2. The zero-order valence-electron chi connectivity index (χ0n) is 11.1. The second-order valence-corrected chi connectivity index (χ2v) is 5.72. The molecule has 0 saturated heterocycles. The molecule has 1 saturated carbocycles. The van der Waals surface area contributed by atoms with Crippen LogP contribution in [0.4, 0.5) is 5.69 Å². The van der Waals surface area contributed by atoms with Gasteiger partial charge in [0, 0.05) is 11.1 Å². The molecule has 0 heterocycles. The molecule has 0 aliphatic heterocycles. The Morgan fingerprint density at radius 2 is 1.85 bits per heavy atom. The standard InChI is InChI=1S/C16H16N2OS/c17-14(20)16(9-4-10-16)15(19)18-13-8-3-6-11-5-1-2-7-12(11)13/h1-3,5-8H,4,9-10H2,(H2,17,20)(H,18,19). The molecule has 20 heavy (non-hydrogen) atoms. The molecule has 0 radical (unpaired) electrons. The molecule has 3 N–H and O–H groups in total. The lowest BCUT2D eigenvalue weighted by molar-refractivity contribution is -0.125. The Morgan fingerprint density at radius 3 is 2.50 bits per heavy atom. The fourth-order valence-corrected chi connectivity index (χ4v) is 2.99. The molecule has 0 bridgehead atoms. The SMILES string of the molecule is NC(=S)C1(C(=O)Nc2cccc3ccccc23)CCC1. The zero-order chi connectivity index (χ0) is 14.2. The predicted molar refractivity (Wildman–Crippen MR) is 85.6 cm³/mol. The summed E-state index contributed by atoms with van der Waals surface area (Å²) in [6.07, 6.45) is 2.50. The Labute approximate surface area is 123 Å². The molecule has 2 aromatic rings. The van der Waals surface area contributed by atoms with Crippen molar-refractivity contribution in [1.82, 2.24) is 0 Å². The quantitative estimate of drug-likeness (QED) is 0.851. The highest BCUT2D eigenvalue weighted by Crippen LogP contribution is 2.42. The lowest BCUT2D eigenvalue weighted by atomic mass is 9.68. The molecule has 4 heteroatoms. The highest BCUT2D eigenvalue weighted by molar-refractivity contribution is 7.80. The van der Waals surface area contributed by atoms with Gasteiger partial charge in [-0.1, -0.05) is 55.0 Å². The van der Waals surface area contributed by atoms with Crippen molar-refractivity contribution in [1.29, 1.82) is 0 Å². The predicted octanol–water partition coefficient (Wildman–Crippen LogP) is 3.23. The molecule has 2 aromatic carbocycles. The number of benzene rings is 2.